The number of fused-ring (bicyclic) bond motifs is 2. The van der Waals surface area contributed by atoms with Crippen LogP contribution in [-0.2, 0) is 37.1 Å². The van der Waals surface area contributed by atoms with E-state index in [1.54, 1.807) is 40.1 Å². The van der Waals surface area contributed by atoms with E-state index >= 15 is 0 Å². The average Bonchev–Trinajstić information content (AvgIpc) is 3.70. The zero-order valence-corrected chi connectivity index (χ0v) is 29.3. The summed E-state index contributed by atoms with van der Waals surface area (Å²) in [5.41, 5.74) is 2.96. The summed E-state index contributed by atoms with van der Waals surface area (Å²) in [6, 6.07) is 16.7. The summed E-state index contributed by atoms with van der Waals surface area (Å²) in [5.74, 6) is -2.12. The van der Waals surface area contributed by atoms with E-state index in [-0.39, 0.29) is 47.2 Å². The number of thioether (sulfide) groups is 2. The van der Waals surface area contributed by atoms with Gasteiger partial charge in [0.15, 0.2) is 16.7 Å². The van der Waals surface area contributed by atoms with Crippen molar-refractivity contribution in [2.75, 3.05) is 23.4 Å². The third-order valence-corrected chi connectivity index (χ3v) is 12.0. The van der Waals surface area contributed by atoms with E-state index in [9.17, 15) is 34.2 Å². The smallest absolute Gasteiger partial charge is 0.352 e. The lowest BCUT2D eigenvalue weighted by Crippen LogP contribution is -2.70. The van der Waals surface area contributed by atoms with Crippen LogP contribution in [0.4, 0.5) is 5.69 Å². The van der Waals surface area contributed by atoms with Crippen LogP contribution in [-0.4, -0.2) is 84.1 Å². The van der Waals surface area contributed by atoms with E-state index in [1.165, 1.54) is 51.9 Å². The molecule has 4 aromatic rings. The maximum Gasteiger partial charge on any atom is 0.352 e. The lowest BCUT2D eigenvalue weighted by atomic mass is 10.0. The molecule has 16 heteroatoms. The number of pyridine rings is 1. The number of carboxylic acid groups (broad SMARTS) is 1. The largest absolute Gasteiger partial charge is 0.508 e. The molecule has 2 aromatic heterocycles. The molecule has 0 bridgehead atoms. The van der Waals surface area contributed by atoms with Gasteiger partial charge in [-0.05, 0) is 60.0 Å². The lowest BCUT2D eigenvalue weighted by molar-refractivity contribution is -0.684. The Morgan fingerprint density at radius 2 is 1.80 bits per heavy atom. The number of anilines is 1. The summed E-state index contributed by atoms with van der Waals surface area (Å²) >= 11 is 4.12. The van der Waals surface area contributed by atoms with E-state index in [1.807, 2.05) is 36.4 Å². The second kappa shape index (κ2) is 14.6. The molecule has 2 saturated heterocycles. The van der Waals surface area contributed by atoms with E-state index < -0.39 is 23.3 Å². The number of carbonyl (C=O) groups is 5. The molecule has 0 spiro atoms. The molecule has 2 fully saturated rings. The zero-order valence-electron chi connectivity index (χ0n) is 26.9. The first-order valence-corrected chi connectivity index (χ1v) is 18.7. The maximum atomic E-state index is 13.4. The number of aromatic hydroxyl groups is 1. The van der Waals surface area contributed by atoms with Crippen LogP contribution in [0.2, 0.25) is 0 Å². The number of phenolic OH excluding ortho intramolecular Hbond substituents is 1. The Morgan fingerprint density at radius 3 is 2.55 bits per heavy atom. The number of hydrogen-bond donors (Lipinski definition) is 4. The van der Waals surface area contributed by atoms with Crippen molar-refractivity contribution in [1.82, 2.24) is 20.1 Å². The number of β-lactam (4-membered cyclic amide) rings is 1. The van der Waals surface area contributed by atoms with Gasteiger partial charge in [0.05, 0.1) is 16.0 Å². The van der Waals surface area contributed by atoms with Crippen LogP contribution < -0.4 is 15.2 Å². The molecular formula is C35H31N6O7S3+. The molecule has 2 aromatic carbocycles. The molecule has 5 heterocycles. The topological polar surface area (TPSA) is 173 Å². The van der Waals surface area contributed by atoms with Crippen molar-refractivity contribution in [2.45, 2.75) is 35.3 Å². The summed E-state index contributed by atoms with van der Waals surface area (Å²) in [5, 5.41) is 24.5. The molecular weight excluding hydrogens is 713 g/mol. The number of hydrogen-bond acceptors (Lipinski definition) is 10. The van der Waals surface area contributed by atoms with Gasteiger partial charge in [0.2, 0.25) is 18.4 Å². The van der Waals surface area contributed by atoms with Gasteiger partial charge in [-0.15, -0.1) is 23.1 Å². The molecule has 0 radical (unpaired) electrons. The van der Waals surface area contributed by atoms with E-state index in [0.717, 1.165) is 20.1 Å². The molecule has 13 nitrogen and oxygen atoms in total. The minimum atomic E-state index is -1.27. The first-order valence-electron chi connectivity index (χ1n) is 15.9. The molecule has 0 saturated carbocycles. The zero-order chi connectivity index (χ0) is 35.6. The number of aromatic nitrogens is 2. The number of para-hydroxylation sites is 1. The number of rotatable bonds is 11. The summed E-state index contributed by atoms with van der Waals surface area (Å²) in [7, 11) is 0. The molecule has 3 aliphatic rings. The fourth-order valence-corrected chi connectivity index (χ4v) is 9.19. The lowest BCUT2D eigenvalue weighted by Gasteiger charge is -2.49. The number of benzene rings is 2. The fraction of sp³-hybridized carbons (Fsp3) is 0.229. The number of allylic oxidation sites excluding steroid dienone is 1. The first kappa shape index (κ1) is 34.3. The van der Waals surface area contributed by atoms with Crippen LogP contribution in [0.25, 0.3) is 10.2 Å². The van der Waals surface area contributed by atoms with Crippen molar-refractivity contribution in [3.05, 3.63) is 102 Å². The number of phenols is 1. The van der Waals surface area contributed by atoms with Crippen LogP contribution in [0.15, 0.2) is 100 Å². The van der Waals surface area contributed by atoms with Crippen molar-refractivity contribution in [3.8, 4) is 5.75 Å². The Labute approximate surface area is 304 Å². The molecule has 2 atom stereocenters. The van der Waals surface area contributed by atoms with Crippen LogP contribution in [0.1, 0.15) is 12.0 Å². The van der Waals surface area contributed by atoms with Crippen molar-refractivity contribution in [3.63, 3.8) is 0 Å². The van der Waals surface area contributed by atoms with Crippen molar-refractivity contribution < 1.29 is 38.8 Å². The van der Waals surface area contributed by atoms with Gasteiger partial charge in [-0.1, -0.05) is 23.9 Å². The number of likely N-dealkylation sites (tertiary alicyclic amines) is 1. The van der Waals surface area contributed by atoms with Crippen molar-refractivity contribution in [2.24, 2.45) is 0 Å². The molecule has 0 aliphatic carbocycles. The van der Waals surface area contributed by atoms with E-state index in [0.29, 0.717) is 36.3 Å². The minimum Gasteiger partial charge on any atom is -0.508 e. The highest BCUT2D eigenvalue weighted by Gasteiger charge is 2.54. The SMILES string of the molecule is O=C(C[n+]1ccc(CN2CCC(=CC3=C(C(=O)O)N4C(=O)[C@@H](NC(=O)CSc5nc6ccccc6s5)[C@H]4SC3)C2=O)cc1)Nc1ccc(O)cc1. The van der Waals surface area contributed by atoms with Gasteiger partial charge in [-0.3, -0.25) is 24.1 Å². The van der Waals surface area contributed by atoms with Crippen molar-refractivity contribution >= 4 is 80.4 Å². The van der Waals surface area contributed by atoms with Crippen molar-refractivity contribution in [1.29, 1.82) is 0 Å². The average molecular weight is 744 g/mol. The van der Waals surface area contributed by atoms with Crippen LogP contribution in [0.3, 0.4) is 0 Å². The fourth-order valence-electron chi connectivity index (χ4n) is 6.00. The summed E-state index contributed by atoms with van der Waals surface area (Å²) in [4.78, 5) is 71.5. The number of nitrogens with zero attached hydrogens (tertiary/aromatic N) is 4. The third-order valence-electron chi connectivity index (χ3n) is 8.49. The molecule has 3 aliphatic heterocycles. The van der Waals surface area contributed by atoms with Crippen LogP contribution in [0, 0.1) is 0 Å². The normalized spacial score (nSPS) is 19.3. The number of nitrogens with one attached hydrogen (secondary N) is 2. The van der Waals surface area contributed by atoms with Gasteiger partial charge < -0.3 is 25.7 Å². The number of thiazole rings is 1. The summed E-state index contributed by atoms with van der Waals surface area (Å²) < 4.78 is 3.47. The maximum absolute atomic E-state index is 13.4. The second-order valence-corrected chi connectivity index (χ2v) is 15.3. The summed E-state index contributed by atoms with van der Waals surface area (Å²) in [6.07, 6.45) is 5.52. The number of carbonyl (C=O) groups excluding carboxylic acids is 4. The molecule has 0 unspecified atom stereocenters. The monoisotopic (exact) mass is 743 g/mol. The standard InChI is InChI=1S/C35H30N6O7S3/c42-24-7-5-23(6-8-24)36-27(43)17-39-12-9-20(10-13-39)16-40-14-11-21(31(40)45)15-22-18-49-33-29(32(46)41(33)30(22)34(47)48)38-28(44)19-50-35-37-25-3-1-2-4-26(25)51-35/h1-10,12-13,15,29,33H,11,14,16-19H2,(H3-,36,38,42,43,44,47,48)/p+1/t29-,33-/m1/s1. The number of amides is 4. The van der Waals surface area contributed by atoms with Gasteiger partial charge in [0, 0.05) is 42.2 Å². The molecule has 51 heavy (non-hydrogen) atoms. The molecule has 4 amide bonds. The van der Waals surface area contributed by atoms with Crippen LogP contribution >= 0.6 is 34.9 Å². The Bertz CT molecular complexity index is 2080. The Hall–Kier alpha value is -5.19. The second-order valence-electron chi connectivity index (χ2n) is 12.0. The minimum absolute atomic E-state index is 0.0702. The van der Waals surface area contributed by atoms with Gasteiger partial charge in [-0.2, -0.15) is 4.57 Å². The number of aliphatic carboxylic acids is 1. The van der Waals surface area contributed by atoms with Crippen LogP contribution in [0.5, 0.6) is 5.75 Å². The van der Waals surface area contributed by atoms with Gasteiger partial charge in [0.25, 0.3) is 11.8 Å². The van der Waals surface area contributed by atoms with Gasteiger partial charge in [0.1, 0.15) is 22.9 Å². The first-order chi connectivity index (χ1) is 24.6. The van der Waals surface area contributed by atoms with Gasteiger partial charge in [-0.25, -0.2) is 9.78 Å². The molecule has 7 rings (SSSR count). The predicted octanol–water partition coefficient (Wildman–Crippen LogP) is 3.12. The predicted molar refractivity (Wildman–Crippen MR) is 192 cm³/mol. The van der Waals surface area contributed by atoms with Gasteiger partial charge >= 0.3 is 5.97 Å². The highest BCUT2D eigenvalue weighted by Crippen LogP contribution is 2.41. The Morgan fingerprint density at radius 1 is 1.04 bits per heavy atom. The highest BCUT2D eigenvalue weighted by molar-refractivity contribution is 8.01. The van der Waals surface area contributed by atoms with E-state index in [4.69, 9.17) is 0 Å². The molecule has 260 valence electrons. The highest BCUT2D eigenvalue weighted by atomic mass is 32.2. The number of carboxylic acids is 1. The third kappa shape index (κ3) is 7.48. The van der Waals surface area contributed by atoms with E-state index in [2.05, 4.69) is 15.6 Å². The summed E-state index contributed by atoms with van der Waals surface area (Å²) in [6.45, 7) is 0.862. The Balaban J connectivity index is 0.940. The Kier molecular flexibility index (Phi) is 9.79. The quantitative estimate of drug-likeness (QED) is 0.0588. The molecule has 4 N–H and O–H groups in total.